The minimum atomic E-state index is -0.516. The van der Waals surface area contributed by atoms with Crippen LogP contribution >= 0.6 is 11.3 Å². The molecule has 0 saturated heterocycles. The van der Waals surface area contributed by atoms with Gasteiger partial charge in [-0.05, 0) is 23.8 Å². The zero-order valence-electron chi connectivity index (χ0n) is 13.3. The van der Waals surface area contributed by atoms with E-state index in [9.17, 15) is 20.0 Å². The summed E-state index contributed by atoms with van der Waals surface area (Å²) in [4.78, 5) is 26.5. The molecule has 0 bridgehead atoms. The van der Waals surface area contributed by atoms with Gasteiger partial charge in [0.05, 0.1) is 10.5 Å². The molecular formula is C17H13N3O5S. The van der Waals surface area contributed by atoms with Crippen LogP contribution in [0, 0.1) is 10.1 Å². The van der Waals surface area contributed by atoms with Gasteiger partial charge in [-0.2, -0.15) is 0 Å². The summed E-state index contributed by atoms with van der Waals surface area (Å²) in [6.07, 6.45) is 1.55. The van der Waals surface area contributed by atoms with Gasteiger partial charge < -0.3 is 9.84 Å². The lowest BCUT2D eigenvalue weighted by Crippen LogP contribution is -2.12. The SMILES string of the molecule is O=C(Nc1nccs1)c1cc(OCc2cccc([N+](=O)[O-])c2)ccc1O. The lowest BCUT2D eigenvalue weighted by Gasteiger charge is -2.09. The van der Waals surface area contributed by atoms with E-state index in [1.54, 1.807) is 23.7 Å². The maximum Gasteiger partial charge on any atom is 0.269 e. The van der Waals surface area contributed by atoms with Crippen LogP contribution in [0.4, 0.5) is 10.8 Å². The van der Waals surface area contributed by atoms with Gasteiger partial charge >= 0.3 is 0 Å². The fourth-order valence-corrected chi connectivity index (χ4v) is 2.69. The molecule has 1 amide bonds. The summed E-state index contributed by atoms with van der Waals surface area (Å²) in [6.45, 7) is 0.0833. The molecule has 0 unspecified atom stereocenters. The lowest BCUT2D eigenvalue weighted by atomic mass is 10.1. The maximum atomic E-state index is 12.2. The standard InChI is InChI=1S/C17H13N3O5S/c21-15-5-4-13(9-14(15)16(22)19-17-18-6-7-26-17)25-10-11-2-1-3-12(8-11)20(23)24/h1-9,21H,10H2,(H,18,19,22). The van der Waals surface area contributed by atoms with Crippen LogP contribution in [0.5, 0.6) is 11.5 Å². The molecule has 2 aromatic carbocycles. The van der Waals surface area contributed by atoms with Crippen LogP contribution in [0.3, 0.4) is 0 Å². The monoisotopic (exact) mass is 371 g/mol. The van der Waals surface area contributed by atoms with Crippen LogP contribution in [0.15, 0.2) is 54.0 Å². The van der Waals surface area contributed by atoms with Crippen LogP contribution in [0.1, 0.15) is 15.9 Å². The van der Waals surface area contributed by atoms with Gasteiger partial charge in [-0.15, -0.1) is 11.3 Å². The number of non-ortho nitro benzene ring substituents is 1. The first-order chi connectivity index (χ1) is 12.5. The number of carbonyl (C=O) groups is 1. The summed E-state index contributed by atoms with van der Waals surface area (Å²) in [5.41, 5.74) is 0.623. The van der Waals surface area contributed by atoms with Gasteiger partial charge in [0.2, 0.25) is 0 Å². The van der Waals surface area contributed by atoms with E-state index in [1.165, 1.54) is 41.7 Å². The van der Waals surface area contributed by atoms with Crippen molar-refractivity contribution in [3.8, 4) is 11.5 Å². The van der Waals surface area contributed by atoms with Crippen molar-refractivity contribution < 1.29 is 19.6 Å². The minimum absolute atomic E-state index is 0.0275. The Kier molecular flexibility index (Phi) is 5.09. The molecule has 8 nitrogen and oxygen atoms in total. The van der Waals surface area contributed by atoms with Gasteiger partial charge in [0.25, 0.3) is 11.6 Å². The van der Waals surface area contributed by atoms with Gasteiger partial charge in [-0.25, -0.2) is 4.98 Å². The number of rotatable bonds is 6. The molecule has 0 aliphatic rings. The molecule has 0 atom stereocenters. The quantitative estimate of drug-likeness (QED) is 0.505. The Balaban J connectivity index is 1.72. The Morgan fingerprint density at radius 3 is 2.88 bits per heavy atom. The van der Waals surface area contributed by atoms with Crippen molar-refractivity contribution in [1.29, 1.82) is 0 Å². The number of benzene rings is 2. The molecule has 3 rings (SSSR count). The van der Waals surface area contributed by atoms with Gasteiger partial charge in [0.1, 0.15) is 18.1 Å². The fourth-order valence-electron chi connectivity index (χ4n) is 2.16. The Bertz CT molecular complexity index is 943. The number of phenols is 1. The first kappa shape index (κ1) is 17.4. The number of aromatic hydroxyl groups is 1. The van der Waals surface area contributed by atoms with E-state index in [4.69, 9.17) is 4.74 Å². The van der Waals surface area contributed by atoms with Crippen LogP contribution in [0.25, 0.3) is 0 Å². The number of aromatic nitrogens is 1. The van der Waals surface area contributed by atoms with Crippen LogP contribution < -0.4 is 10.1 Å². The molecule has 0 saturated carbocycles. The lowest BCUT2D eigenvalue weighted by molar-refractivity contribution is -0.384. The Morgan fingerprint density at radius 1 is 1.31 bits per heavy atom. The van der Waals surface area contributed by atoms with Crippen LogP contribution in [0.2, 0.25) is 0 Å². The molecule has 0 fully saturated rings. The molecule has 0 radical (unpaired) electrons. The normalized spacial score (nSPS) is 10.3. The molecule has 2 N–H and O–H groups in total. The van der Waals surface area contributed by atoms with Gasteiger partial charge in [0.15, 0.2) is 5.13 Å². The number of ether oxygens (including phenoxy) is 1. The number of carbonyl (C=O) groups excluding carboxylic acids is 1. The number of phenolic OH excluding ortho intramolecular Hbond substituents is 1. The second kappa shape index (κ2) is 7.62. The molecule has 26 heavy (non-hydrogen) atoms. The van der Waals surface area contributed by atoms with E-state index < -0.39 is 10.8 Å². The van der Waals surface area contributed by atoms with E-state index in [0.717, 1.165) is 0 Å². The van der Waals surface area contributed by atoms with Crippen molar-refractivity contribution in [2.45, 2.75) is 6.61 Å². The van der Waals surface area contributed by atoms with Crippen molar-refractivity contribution in [1.82, 2.24) is 4.98 Å². The van der Waals surface area contributed by atoms with Gasteiger partial charge in [0, 0.05) is 23.7 Å². The highest BCUT2D eigenvalue weighted by molar-refractivity contribution is 7.13. The number of nitro benzene ring substituents is 1. The number of thiazole rings is 1. The number of nitrogens with zero attached hydrogens (tertiary/aromatic N) is 2. The second-order valence-corrected chi connectivity index (χ2v) is 6.08. The predicted molar refractivity (Wildman–Crippen MR) is 95.6 cm³/mol. The molecule has 0 aliphatic heterocycles. The van der Waals surface area contributed by atoms with Crippen molar-refractivity contribution in [2.24, 2.45) is 0 Å². The van der Waals surface area contributed by atoms with Crippen molar-refractivity contribution in [3.63, 3.8) is 0 Å². The second-order valence-electron chi connectivity index (χ2n) is 5.19. The number of nitrogens with one attached hydrogen (secondary N) is 1. The molecule has 0 aliphatic carbocycles. The van der Waals surface area contributed by atoms with Crippen molar-refractivity contribution in [2.75, 3.05) is 5.32 Å². The zero-order valence-corrected chi connectivity index (χ0v) is 14.1. The highest BCUT2D eigenvalue weighted by Gasteiger charge is 2.14. The first-order valence-electron chi connectivity index (χ1n) is 7.43. The third-order valence-corrected chi connectivity index (χ3v) is 4.08. The molecule has 1 aromatic heterocycles. The van der Waals surface area contributed by atoms with Crippen molar-refractivity contribution in [3.05, 3.63) is 75.3 Å². The molecule has 3 aromatic rings. The van der Waals surface area contributed by atoms with Crippen molar-refractivity contribution >= 4 is 28.1 Å². The summed E-state index contributed by atoms with van der Waals surface area (Å²) >= 11 is 1.26. The summed E-state index contributed by atoms with van der Waals surface area (Å²) in [5.74, 6) is -0.362. The van der Waals surface area contributed by atoms with E-state index in [1.807, 2.05) is 0 Å². The topological polar surface area (TPSA) is 115 Å². The highest BCUT2D eigenvalue weighted by Crippen LogP contribution is 2.25. The smallest absolute Gasteiger partial charge is 0.269 e. The van der Waals surface area contributed by atoms with E-state index in [2.05, 4.69) is 10.3 Å². The molecule has 9 heteroatoms. The number of nitro groups is 1. The Hall–Kier alpha value is -3.46. The summed E-state index contributed by atoms with van der Waals surface area (Å²) in [7, 11) is 0. The summed E-state index contributed by atoms with van der Waals surface area (Å²) < 4.78 is 5.58. The third-order valence-electron chi connectivity index (χ3n) is 3.39. The Labute approximate surface area is 151 Å². The van der Waals surface area contributed by atoms with Crippen LogP contribution in [-0.2, 0) is 6.61 Å². The predicted octanol–water partition coefficient (Wildman–Crippen LogP) is 3.59. The highest BCUT2D eigenvalue weighted by atomic mass is 32.1. The average molecular weight is 371 g/mol. The zero-order chi connectivity index (χ0) is 18.5. The largest absolute Gasteiger partial charge is 0.507 e. The summed E-state index contributed by atoms with van der Waals surface area (Å²) in [5, 5.41) is 25.4. The Morgan fingerprint density at radius 2 is 2.15 bits per heavy atom. The van der Waals surface area contributed by atoms with Gasteiger partial charge in [-0.3, -0.25) is 20.2 Å². The number of amides is 1. The molecular weight excluding hydrogens is 358 g/mol. The fraction of sp³-hybridized carbons (Fsp3) is 0.0588. The maximum absolute atomic E-state index is 12.2. The van der Waals surface area contributed by atoms with E-state index >= 15 is 0 Å². The minimum Gasteiger partial charge on any atom is -0.507 e. The third kappa shape index (κ3) is 4.14. The molecule has 0 spiro atoms. The van der Waals surface area contributed by atoms with Crippen LogP contribution in [-0.4, -0.2) is 20.9 Å². The molecule has 1 heterocycles. The summed E-state index contributed by atoms with van der Waals surface area (Å²) in [6, 6.07) is 10.3. The first-order valence-corrected chi connectivity index (χ1v) is 8.31. The van der Waals surface area contributed by atoms with Gasteiger partial charge in [-0.1, -0.05) is 12.1 Å². The average Bonchev–Trinajstić information content (AvgIpc) is 3.14. The number of anilines is 1. The molecule has 132 valence electrons. The van der Waals surface area contributed by atoms with E-state index in [-0.39, 0.29) is 23.6 Å². The number of hydrogen-bond donors (Lipinski definition) is 2. The van der Waals surface area contributed by atoms with E-state index in [0.29, 0.717) is 16.4 Å². The number of hydrogen-bond acceptors (Lipinski definition) is 7.